The first-order valence-corrected chi connectivity index (χ1v) is 8.33. The fourth-order valence-electron chi connectivity index (χ4n) is 2.83. The van der Waals surface area contributed by atoms with E-state index in [1.807, 2.05) is 84.9 Å². The molecule has 0 aliphatic carbocycles. The van der Waals surface area contributed by atoms with Gasteiger partial charge in [-0.3, -0.25) is 4.79 Å². The molecule has 0 amide bonds. The van der Waals surface area contributed by atoms with E-state index < -0.39 is 0 Å². The average Bonchev–Trinajstić information content (AvgIpc) is 3.48. The highest BCUT2D eigenvalue weighted by Crippen LogP contribution is 2.41. The summed E-state index contributed by atoms with van der Waals surface area (Å²) in [5, 5.41) is 0. The molecule has 1 fully saturated rings. The summed E-state index contributed by atoms with van der Waals surface area (Å²) in [4.78, 5) is 12.4. The molecule has 3 aromatic carbocycles. The van der Waals surface area contributed by atoms with Gasteiger partial charge in [0.2, 0.25) is 0 Å². The number of ketones is 1. The van der Waals surface area contributed by atoms with Gasteiger partial charge >= 0.3 is 0 Å². The third-order valence-corrected chi connectivity index (χ3v) is 4.27. The lowest BCUT2D eigenvalue weighted by Crippen LogP contribution is -2.07. The van der Waals surface area contributed by atoms with Crippen molar-refractivity contribution in [3.63, 3.8) is 0 Å². The number of ether oxygens (including phenoxy) is 2. The number of hydrogen-bond donors (Lipinski definition) is 0. The molecule has 3 nitrogen and oxygen atoms in total. The molecule has 0 saturated carbocycles. The summed E-state index contributed by atoms with van der Waals surface area (Å²) in [6, 6.07) is 27.1. The number of rotatable bonds is 6. The van der Waals surface area contributed by atoms with Crippen LogP contribution in [0, 0.1) is 0 Å². The first-order chi connectivity index (χ1) is 12.3. The zero-order valence-electron chi connectivity index (χ0n) is 13.7. The predicted molar refractivity (Wildman–Crippen MR) is 95.6 cm³/mol. The lowest BCUT2D eigenvalue weighted by atomic mass is 10.0. The van der Waals surface area contributed by atoms with Gasteiger partial charge in [0.1, 0.15) is 18.5 Å². The largest absolute Gasteiger partial charge is 0.489 e. The van der Waals surface area contributed by atoms with Crippen molar-refractivity contribution in [2.24, 2.45) is 0 Å². The van der Waals surface area contributed by atoms with Crippen molar-refractivity contribution in [2.75, 3.05) is 0 Å². The van der Waals surface area contributed by atoms with E-state index in [2.05, 4.69) is 0 Å². The van der Waals surface area contributed by atoms with Crippen LogP contribution in [-0.2, 0) is 11.3 Å². The molecule has 3 aromatic rings. The van der Waals surface area contributed by atoms with E-state index in [1.54, 1.807) is 0 Å². The number of Topliss-reactive ketones (excluding diaryl/α,β-unsaturated/α-hetero) is 1. The summed E-state index contributed by atoms with van der Waals surface area (Å²) in [6.07, 6.45) is -0.533. The molecule has 3 heteroatoms. The van der Waals surface area contributed by atoms with Crippen molar-refractivity contribution in [2.45, 2.75) is 18.8 Å². The molecule has 0 aromatic heterocycles. The molecule has 1 aliphatic heterocycles. The molecular weight excluding hydrogens is 312 g/mol. The summed E-state index contributed by atoms with van der Waals surface area (Å²) >= 11 is 0. The first-order valence-electron chi connectivity index (χ1n) is 8.33. The Morgan fingerprint density at radius 1 is 0.840 bits per heavy atom. The van der Waals surface area contributed by atoms with Crippen LogP contribution in [0.5, 0.6) is 5.75 Å². The van der Waals surface area contributed by atoms with Gasteiger partial charge in [0.15, 0.2) is 11.9 Å². The Hall–Kier alpha value is -2.91. The number of hydrogen-bond acceptors (Lipinski definition) is 3. The van der Waals surface area contributed by atoms with Gasteiger partial charge in [0, 0.05) is 5.56 Å². The maximum Gasteiger partial charge on any atom is 0.194 e. The molecular formula is C22H18O3. The summed E-state index contributed by atoms with van der Waals surface area (Å²) in [5.74, 6) is 0.842. The van der Waals surface area contributed by atoms with Gasteiger partial charge in [-0.15, -0.1) is 0 Å². The fourth-order valence-corrected chi connectivity index (χ4v) is 2.83. The Balaban J connectivity index is 1.36. The van der Waals surface area contributed by atoms with E-state index in [4.69, 9.17) is 9.47 Å². The van der Waals surface area contributed by atoms with E-state index in [0.717, 1.165) is 16.9 Å². The molecule has 4 rings (SSSR count). The average molecular weight is 330 g/mol. The highest BCUT2D eigenvalue weighted by Gasteiger charge is 2.46. The van der Waals surface area contributed by atoms with Crippen LogP contribution in [0.1, 0.15) is 27.6 Å². The fraction of sp³-hybridized carbons (Fsp3) is 0.136. The van der Waals surface area contributed by atoms with Gasteiger partial charge in [-0.1, -0.05) is 72.8 Å². The predicted octanol–water partition coefficient (Wildman–Crippen LogP) is 4.59. The molecule has 1 saturated heterocycles. The topological polar surface area (TPSA) is 38.8 Å². The van der Waals surface area contributed by atoms with Crippen LogP contribution in [0.3, 0.4) is 0 Å². The summed E-state index contributed by atoms with van der Waals surface area (Å²) in [6.45, 7) is 0.537. The maximum atomic E-state index is 12.4. The first kappa shape index (κ1) is 15.6. The van der Waals surface area contributed by atoms with Crippen molar-refractivity contribution in [1.82, 2.24) is 0 Å². The zero-order valence-corrected chi connectivity index (χ0v) is 13.7. The van der Waals surface area contributed by atoms with Crippen LogP contribution >= 0.6 is 0 Å². The number of epoxide rings is 1. The van der Waals surface area contributed by atoms with Crippen LogP contribution in [0.25, 0.3) is 0 Å². The van der Waals surface area contributed by atoms with Gasteiger partial charge in [-0.2, -0.15) is 0 Å². The van der Waals surface area contributed by atoms with Crippen LogP contribution in [0.15, 0.2) is 84.9 Å². The van der Waals surface area contributed by atoms with Crippen LogP contribution in [-0.4, -0.2) is 11.9 Å². The van der Waals surface area contributed by atoms with Crippen molar-refractivity contribution in [3.05, 3.63) is 102 Å². The molecule has 2 atom stereocenters. The molecule has 0 spiro atoms. The highest BCUT2D eigenvalue weighted by atomic mass is 16.6. The van der Waals surface area contributed by atoms with Gasteiger partial charge in [-0.25, -0.2) is 0 Å². The highest BCUT2D eigenvalue weighted by molar-refractivity contribution is 6.01. The Morgan fingerprint density at radius 2 is 1.48 bits per heavy atom. The van der Waals surface area contributed by atoms with E-state index in [1.165, 1.54) is 0 Å². The number of carbonyl (C=O) groups excluding carboxylic acids is 1. The third-order valence-electron chi connectivity index (χ3n) is 4.27. The van der Waals surface area contributed by atoms with Gasteiger partial charge in [0.25, 0.3) is 0 Å². The maximum absolute atomic E-state index is 12.4. The van der Waals surface area contributed by atoms with Gasteiger partial charge in [0.05, 0.1) is 0 Å². The minimum absolute atomic E-state index is 0.0370. The van der Waals surface area contributed by atoms with Crippen LogP contribution in [0.4, 0.5) is 0 Å². The lowest BCUT2D eigenvalue weighted by molar-refractivity contribution is 0.0953. The van der Waals surface area contributed by atoms with Crippen molar-refractivity contribution < 1.29 is 14.3 Å². The standard InChI is InChI=1S/C22H18O3/c23-20(17-9-5-2-6-10-17)22-21(25-22)18-11-13-19(14-12-18)24-15-16-7-3-1-4-8-16/h1-14,21-22H,15H2. The minimum Gasteiger partial charge on any atom is -0.489 e. The number of benzene rings is 3. The molecule has 0 radical (unpaired) electrons. The smallest absolute Gasteiger partial charge is 0.194 e. The second-order valence-corrected chi connectivity index (χ2v) is 6.05. The third kappa shape index (κ3) is 3.62. The van der Waals surface area contributed by atoms with Gasteiger partial charge in [-0.05, 0) is 23.3 Å². The monoisotopic (exact) mass is 330 g/mol. The van der Waals surface area contributed by atoms with E-state index in [-0.39, 0.29) is 18.0 Å². The quantitative estimate of drug-likeness (QED) is 0.490. The summed E-state index contributed by atoms with van der Waals surface area (Å²) < 4.78 is 11.4. The molecule has 124 valence electrons. The van der Waals surface area contributed by atoms with Gasteiger partial charge < -0.3 is 9.47 Å². The van der Waals surface area contributed by atoms with Crippen molar-refractivity contribution in [1.29, 1.82) is 0 Å². The summed E-state index contributed by atoms with van der Waals surface area (Å²) in [5.41, 5.74) is 2.82. The second kappa shape index (κ2) is 6.91. The molecule has 0 bridgehead atoms. The Morgan fingerprint density at radius 3 is 2.16 bits per heavy atom. The van der Waals surface area contributed by atoms with E-state index in [0.29, 0.717) is 12.2 Å². The normalized spacial score (nSPS) is 18.6. The lowest BCUT2D eigenvalue weighted by Gasteiger charge is -2.06. The molecule has 1 aliphatic rings. The Bertz CT molecular complexity index is 841. The van der Waals surface area contributed by atoms with Crippen LogP contribution < -0.4 is 4.74 Å². The Labute approximate surface area is 146 Å². The molecule has 1 heterocycles. The second-order valence-electron chi connectivity index (χ2n) is 6.05. The van der Waals surface area contributed by atoms with E-state index in [9.17, 15) is 4.79 Å². The molecule has 0 N–H and O–H groups in total. The zero-order chi connectivity index (χ0) is 17.1. The summed E-state index contributed by atoms with van der Waals surface area (Å²) in [7, 11) is 0. The molecule has 25 heavy (non-hydrogen) atoms. The minimum atomic E-state index is -0.376. The molecule has 2 unspecified atom stereocenters. The Kier molecular flexibility index (Phi) is 4.32. The SMILES string of the molecule is O=C(c1ccccc1)C1OC1c1ccc(OCc2ccccc2)cc1. The van der Waals surface area contributed by atoms with Crippen molar-refractivity contribution in [3.8, 4) is 5.75 Å². The van der Waals surface area contributed by atoms with Crippen molar-refractivity contribution >= 4 is 5.78 Å². The van der Waals surface area contributed by atoms with Crippen LogP contribution in [0.2, 0.25) is 0 Å². The number of carbonyl (C=O) groups is 1. The van der Waals surface area contributed by atoms with E-state index >= 15 is 0 Å².